The van der Waals surface area contributed by atoms with Gasteiger partial charge in [0.05, 0.1) is 13.3 Å². The first-order valence-electron chi connectivity index (χ1n) is 2.94. The van der Waals surface area contributed by atoms with Gasteiger partial charge in [0.25, 0.3) is 5.88 Å². The lowest BCUT2D eigenvalue weighted by atomic mass is 10.5. The Kier molecular flexibility index (Phi) is 1.06. The van der Waals surface area contributed by atoms with Gasteiger partial charge < -0.3 is 9.15 Å². The maximum absolute atomic E-state index is 10.8. The minimum atomic E-state index is -0.525. The molecule has 0 unspecified atom stereocenters. The molecule has 0 aliphatic carbocycles. The van der Waals surface area contributed by atoms with Crippen LogP contribution in [0.25, 0.3) is 11.2 Å². The molecule has 0 aliphatic rings. The zero-order chi connectivity index (χ0) is 7.84. The molecule has 2 bridgehead atoms. The molecule has 56 valence electrons. The lowest BCUT2D eigenvalue weighted by molar-refractivity contribution is 0.385. The summed E-state index contributed by atoms with van der Waals surface area (Å²) in [6.45, 7) is 0. The maximum Gasteiger partial charge on any atom is 0.382 e. The topological polar surface area (TPSA) is 65.2 Å². The Labute approximate surface area is 61.0 Å². The van der Waals surface area contributed by atoms with Gasteiger partial charge in [-0.25, -0.2) is 9.78 Å². The number of aromatic nitrogens is 2. The van der Waals surface area contributed by atoms with Crippen molar-refractivity contribution < 1.29 is 9.15 Å². The molecule has 0 aliphatic heterocycles. The van der Waals surface area contributed by atoms with Gasteiger partial charge in [-0.05, 0) is 0 Å². The highest BCUT2D eigenvalue weighted by Gasteiger charge is 2.09. The van der Waals surface area contributed by atoms with Crippen molar-refractivity contribution in [3.05, 3.63) is 16.6 Å². The van der Waals surface area contributed by atoms with E-state index in [1.165, 1.54) is 13.3 Å². The second-order valence-electron chi connectivity index (χ2n) is 1.96. The van der Waals surface area contributed by atoms with Crippen molar-refractivity contribution in [2.45, 2.75) is 0 Å². The first kappa shape index (κ1) is 6.09. The van der Waals surface area contributed by atoms with Gasteiger partial charge in [-0.3, -0.25) is 0 Å². The number of hydrogen-bond acceptors (Lipinski definition) is 5. The summed E-state index contributed by atoms with van der Waals surface area (Å²) in [6.07, 6.45) is 1.41. The Balaban J connectivity index is 2.87. The van der Waals surface area contributed by atoms with Crippen LogP contribution >= 0.6 is 0 Å². The Morgan fingerprint density at radius 3 is 2.91 bits per heavy atom. The summed E-state index contributed by atoms with van der Waals surface area (Å²) in [5.74, 6) is 0.301. The van der Waals surface area contributed by atoms with Gasteiger partial charge in [-0.15, -0.1) is 0 Å². The van der Waals surface area contributed by atoms with E-state index < -0.39 is 5.63 Å². The summed E-state index contributed by atoms with van der Waals surface area (Å²) in [7, 11) is 1.45. The van der Waals surface area contributed by atoms with E-state index in [4.69, 9.17) is 9.15 Å². The fourth-order valence-corrected chi connectivity index (χ4v) is 0.815. The summed E-state index contributed by atoms with van der Waals surface area (Å²) in [6, 6.07) is 0. The Morgan fingerprint density at radius 1 is 1.64 bits per heavy atom. The van der Waals surface area contributed by atoms with Crippen molar-refractivity contribution in [3.63, 3.8) is 0 Å². The van der Waals surface area contributed by atoms with Crippen LogP contribution in [0.1, 0.15) is 0 Å². The highest BCUT2D eigenvalue weighted by atomic mass is 16.5. The highest BCUT2D eigenvalue weighted by molar-refractivity contribution is 5.55. The van der Waals surface area contributed by atoms with E-state index >= 15 is 0 Å². The van der Waals surface area contributed by atoms with Crippen molar-refractivity contribution in [2.75, 3.05) is 7.11 Å². The Morgan fingerprint density at radius 2 is 2.45 bits per heavy atom. The van der Waals surface area contributed by atoms with Crippen LogP contribution in [0.2, 0.25) is 0 Å². The van der Waals surface area contributed by atoms with Crippen LogP contribution in [0.3, 0.4) is 0 Å². The molecular formula is C6H4N2O3. The molecule has 11 heavy (non-hydrogen) atoms. The van der Waals surface area contributed by atoms with Gasteiger partial charge in [-0.1, -0.05) is 0 Å². The van der Waals surface area contributed by atoms with Gasteiger partial charge >= 0.3 is 5.63 Å². The molecule has 0 amide bonds. The molecule has 0 spiro atoms. The SMILES string of the molecule is COc1nc2ncc1oc2=O. The molecule has 5 heteroatoms. The fourth-order valence-electron chi connectivity index (χ4n) is 0.815. The van der Waals surface area contributed by atoms with Gasteiger partial charge in [0.1, 0.15) is 0 Å². The largest absolute Gasteiger partial charge is 0.478 e. The molecule has 0 saturated carbocycles. The smallest absolute Gasteiger partial charge is 0.382 e. The van der Waals surface area contributed by atoms with Crippen LogP contribution in [0.4, 0.5) is 0 Å². The average molecular weight is 152 g/mol. The summed E-state index contributed by atoms with van der Waals surface area (Å²) in [4.78, 5) is 18.2. The molecule has 0 N–H and O–H groups in total. The molecule has 3 aromatic rings. The Hall–Kier alpha value is -1.65. The molecule has 0 fully saturated rings. The van der Waals surface area contributed by atoms with Gasteiger partial charge in [0.2, 0.25) is 11.2 Å². The molecular weight excluding hydrogens is 148 g/mol. The predicted octanol–water partition coefficient (Wildman–Crippen LogP) is 0.0294. The molecule has 0 aromatic carbocycles. The third-order valence-corrected chi connectivity index (χ3v) is 1.30. The first-order chi connectivity index (χ1) is 5.31. The number of fused-ring (bicyclic) bond motifs is 3. The van der Waals surface area contributed by atoms with E-state index in [0.717, 1.165) is 0 Å². The van der Waals surface area contributed by atoms with E-state index in [1.807, 2.05) is 0 Å². The van der Waals surface area contributed by atoms with Crippen LogP contribution < -0.4 is 10.4 Å². The van der Waals surface area contributed by atoms with Crippen LogP contribution in [0, 0.1) is 0 Å². The number of ether oxygens (including phenoxy) is 1. The molecule has 3 rings (SSSR count). The Bertz CT molecular complexity index is 422. The van der Waals surface area contributed by atoms with Gasteiger partial charge in [0, 0.05) is 0 Å². The average Bonchev–Trinajstić information content (AvgIpc) is 2.05. The molecule has 0 atom stereocenters. The minimum Gasteiger partial charge on any atom is -0.478 e. The molecule has 3 heterocycles. The number of hydrogen-bond donors (Lipinski definition) is 0. The molecule has 5 nitrogen and oxygen atoms in total. The van der Waals surface area contributed by atoms with E-state index in [9.17, 15) is 4.79 Å². The van der Waals surface area contributed by atoms with Gasteiger partial charge in [-0.2, -0.15) is 4.98 Å². The van der Waals surface area contributed by atoms with E-state index in [0.29, 0.717) is 5.88 Å². The quantitative estimate of drug-likeness (QED) is 0.576. The third kappa shape index (κ3) is 0.739. The summed E-state index contributed by atoms with van der Waals surface area (Å²) in [5, 5.41) is 0. The van der Waals surface area contributed by atoms with Crippen LogP contribution in [0.5, 0.6) is 5.88 Å². The van der Waals surface area contributed by atoms with Crippen LogP contribution in [-0.2, 0) is 0 Å². The maximum atomic E-state index is 10.8. The van der Waals surface area contributed by atoms with E-state index in [-0.39, 0.29) is 11.2 Å². The van der Waals surface area contributed by atoms with Crippen molar-refractivity contribution in [1.82, 2.24) is 9.97 Å². The highest BCUT2D eigenvalue weighted by Crippen LogP contribution is 2.14. The van der Waals surface area contributed by atoms with Crippen molar-refractivity contribution in [1.29, 1.82) is 0 Å². The molecule has 0 saturated heterocycles. The number of nitrogens with zero attached hydrogens (tertiary/aromatic N) is 2. The van der Waals surface area contributed by atoms with E-state index in [2.05, 4.69) is 9.97 Å². The lowest BCUT2D eigenvalue weighted by Crippen LogP contribution is -2.07. The number of methoxy groups -OCH3 is 1. The zero-order valence-electron chi connectivity index (χ0n) is 5.70. The molecule has 3 aromatic heterocycles. The summed E-state index contributed by atoms with van der Waals surface area (Å²) in [5.41, 5.74) is -0.215. The first-order valence-corrected chi connectivity index (χ1v) is 2.94. The monoisotopic (exact) mass is 152 g/mol. The summed E-state index contributed by atoms with van der Waals surface area (Å²) < 4.78 is 9.52. The number of rotatable bonds is 1. The normalized spacial score (nSPS) is 10.6. The second-order valence-corrected chi connectivity index (χ2v) is 1.96. The van der Waals surface area contributed by atoms with E-state index in [1.54, 1.807) is 0 Å². The van der Waals surface area contributed by atoms with Crippen molar-refractivity contribution in [2.24, 2.45) is 0 Å². The van der Waals surface area contributed by atoms with Crippen molar-refractivity contribution in [3.8, 4) is 5.88 Å². The second kappa shape index (κ2) is 1.91. The third-order valence-electron chi connectivity index (χ3n) is 1.30. The summed E-state index contributed by atoms with van der Waals surface area (Å²) >= 11 is 0. The molecule has 0 radical (unpaired) electrons. The lowest BCUT2D eigenvalue weighted by Gasteiger charge is -2.00. The van der Waals surface area contributed by atoms with Crippen molar-refractivity contribution >= 4 is 11.2 Å². The van der Waals surface area contributed by atoms with Gasteiger partial charge in [0.15, 0.2) is 0 Å². The standard InChI is InChI=1S/C6H4N2O3/c1-10-5-3-2-7-4(8-5)6(9)11-3/h2H,1H3. The minimum absolute atomic E-state index is 0.0388. The van der Waals surface area contributed by atoms with Crippen LogP contribution in [-0.4, -0.2) is 17.1 Å². The fraction of sp³-hybridized carbons (Fsp3) is 0.167. The zero-order valence-corrected chi connectivity index (χ0v) is 5.70. The predicted molar refractivity (Wildman–Crippen MR) is 35.8 cm³/mol. The van der Waals surface area contributed by atoms with Crippen LogP contribution in [0.15, 0.2) is 15.4 Å².